The summed E-state index contributed by atoms with van der Waals surface area (Å²) >= 11 is 3.38. The fraction of sp³-hybridized carbons (Fsp3) is 0.556. The largest absolute Gasteiger partial charge is 0.381 e. The summed E-state index contributed by atoms with van der Waals surface area (Å²) in [5.41, 5.74) is 0.966. The van der Waals surface area contributed by atoms with E-state index in [2.05, 4.69) is 36.5 Å². The zero-order valence-corrected chi connectivity index (χ0v) is 18.9. The lowest BCUT2D eigenvalue weighted by Crippen LogP contribution is -2.44. The molecule has 2 aliphatic rings. The molecule has 2 aliphatic heterocycles. The van der Waals surface area contributed by atoms with Crippen LogP contribution in [0, 0.1) is 5.41 Å². The molecular weight excluding hydrogens is 511 g/mol. The van der Waals surface area contributed by atoms with E-state index in [1.54, 1.807) is 13.1 Å². The molecular formula is C18H26BrIN4O2. The number of amides is 1. The van der Waals surface area contributed by atoms with Crippen LogP contribution in [0.2, 0.25) is 0 Å². The minimum Gasteiger partial charge on any atom is -0.381 e. The molecule has 8 heteroatoms. The molecule has 0 bridgehead atoms. The number of guanidine groups is 1. The van der Waals surface area contributed by atoms with E-state index in [1.807, 2.05) is 18.2 Å². The summed E-state index contributed by atoms with van der Waals surface area (Å²) in [4.78, 5) is 18.8. The molecule has 144 valence electrons. The minimum absolute atomic E-state index is 0. The van der Waals surface area contributed by atoms with Gasteiger partial charge in [-0.1, -0.05) is 22.0 Å². The first kappa shape index (κ1) is 21.4. The third-order valence-corrected chi connectivity index (χ3v) is 5.41. The summed E-state index contributed by atoms with van der Waals surface area (Å²) in [5.74, 6) is 0.835. The van der Waals surface area contributed by atoms with Gasteiger partial charge in [-0.25, -0.2) is 0 Å². The van der Waals surface area contributed by atoms with Crippen LogP contribution in [-0.4, -0.2) is 63.2 Å². The molecule has 1 spiro atoms. The summed E-state index contributed by atoms with van der Waals surface area (Å²) in [5, 5.41) is 6.28. The summed E-state index contributed by atoms with van der Waals surface area (Å²) in [6.45, 7) is 4.94. The minimum atomic E-state index is -0.0682. The highest BCUT2D eigenvalue weighted by Crippen LogP contribution is 2.38. The molecule has 1 aromatic rings. The van der Waals surface area contributed by atoms with Gasteiger partial charge in [0.2, 0.25) is 0 Å². The molecule has 1 unspecified atom stereocenters. The lowest BCUT2D eigenvalue weighted by atomic mass is 9.87. The molecule has 0 aromatic heterocycles. The van der Waals surface area contributed by atoms with Crippen LogP contribution in [0.5, 0.6) is 0 Å². The van der Waals surface area contributed by atoms with Crippen molar-refractivity contribution in [3.05, 3.63) is 34.3 Å². The van der Waals surface area contributed by atoms with Gasteiger partial charge in [-0.05, 0) is 31.0 Å². The van der Waals surface area contributed by atoms with Crippen molar-refractivity contribution in [1.29, 1.82) is 0 Å². The van der Waals surface area contributed by atoms with Gasteiger partial charge in [-0.3, -0.25) is 9.79 Å². The highest BCUT2D eigenvalue weighted by molar-refractivity contribution is 14.0. The Morgan fingerprint density at radius 2 is 2.15 bits per heavy atom. The van der Waals surface area contributed by atoms with Crippen molar-refractivity contribution in [3.8, 4) is 0 Å². The predicted octanol–water partition coefficient (Wildman–Crippen LogP) is 2.48. The smallest absolute Gasteiger partial charge is 0.251 e. The molecule has 3 rings (SSSR count). The molecule has 0 aliphatic carbocycles. The van der Waals surface area contributed by atoms with Gasteiger partial charge in [0.05, 0.1) is 6.61 Å². The van der Waals surface area contributed by atoms with Crippen molar-refractivity contribution in [2.75, 3.05) is 46.4 Å². The quantitative estimate of drug-likeness (QED) is 0.268. The van der Waals surface area contributed by atoms with Crippen LogP contribution in [0.1, 0.15) is 23.2 Å². The van der Waals surface area contributed by atoms with Gasteiger partial charge in [0.25, 0.3) is 5.91 Å². The van der Waals surface area contributed by atoms with Gasteiger partial charge in [0.15, 0.2) is 5.96 Å². The maximum absolute atomic E-state index is 12.1. The van der Waals surface area contributed by atoms with E-state index in [0.717, 1.165) is 49.6 Å². The van der Waals surface area contributed by atoms with Crippen LogP contribution in [0.15, 0.2) is 33.7 Å². The number of carbonyl (C=O) groups is 1. The second-order valence-electron chi connectivity index (χ2n) is 6.71. The SMILES string of the molecule is CN=C(NCCNC(=O)c1cccc(Br)c1)N1CCC2(CCOC2)C1.I. The monoisotopic (exact) mass is 536 g/mol. The highest BCUT2D eigenvalue weighted by atomic mass is 127. The van der Waals surface area contributed by atoms with Crippen LogP contribution >= 0.6 is 39.9 Å². The van der Waals surface area contributed by atoms with Crippen molar-refractivity contribution in [3.63, 3.8) is 0 Å². The second-order valence-corrected chi connectivity index (χ2v) is 7.63. The molecule has 0 radical (unpaired) electrons. The number of carbonyl (C=O) groups excluding carboxylic acids is 1. The number of nitrogens with zero attached hydrogens (tertiary/aromatic N) is 2. The third-order valence-electron chi connectivity index (χ3n) is 4.92. The Kier molecular flexibility index (Phi) is 8.15. The molecule has 1 aromatic carbocycles. The summed E-state index contributed by atoms with van der Waals surface area (Å²) < 4.78 is 6.48. The van der Waals surface area contributed by atoms with Crippen molar-refractivity contribution in [1.82, 2.24) is 15.5 Å². The molecule has 2 fully saturated rings. The molecule has 1 amide bonds. The van der Waals surface area contributed by atoms with Crippen molar-refractivity contribution in [2.24, 2.45) is 10.4 Å². The lowest BCUT2D eigenvalue weighted by Gasteiger charge is -2.25. The van der Waals surface area contributed by atoms with Gasteiger partial charge in [0, 0.05) is 55.3 Å². The Hall–Kier alpha value is -0.870. The zero-order valence-electron chi connectivity index (χ0n) is 15.0. The van der Waals surface area contributed by atoms with E-state index in [0.29, 0.717) is 24.1 Å². The van der Waals surface area contributed by atoms with Crippen molar-refractivity contribution in [2.45, 2.75) is 12.8 Å². The maximum atomic E-state index is 12.1. The molecule has 6 nitrogen and oxygen atoms in total. The fourth-order valence-corrected chi connectivity index (χ4v) is 3.90. The van der Waals surface area contributed by atoms with Gasteiger partial charge in [0.1, 0.15) is 0 Å². The molecule has 2 N–H and O–H groups in total. The number of rotatable bonds is 4. The van der Waals surface area contributed by atoms with E-state index in [-0.39, 0.29) is 29.9 Å². The first-order valence-electron chi connectivity index (χ1n) is 8.69. The molecule has 2 saturated heterocycles. The van der Waals surface area contributed by atoms with E-state index in [1.165, 1.54) is 0 Å². The van der Waals surface area contributed by atoms with Crippen LogP contribution in [0.25, 0.3) is 0 Å². The van der Waals surface area contributed by atoms with Crippen LogP contribution in [0.3, 0.4) is 0 Å². The van der Waals surface area contributed by atoms with Crippen LogP contribution < -0.4 is 10.6 Å². The first-order chi connectivity index (χ1) is 12.1. The molecule has 26 heavy (non-hydrogen) atoms. The first-order valence-corrected chi connectivity index (χ1v) is 9.48. The third kappa shape index (κ3) is 5.32. The van der Waals surface area contributed by atoms with Gasteiger partial charge in [-0.2, -0.15) is 0 Å². The van der Waals surface area contributed by atoms with Gasteiger partial charge in [-0.15, -0.1) is 24.0 Å². The standard InChI is InChI=1S/C18H25BrN4O2.HI/c1-20-17(23-9-5-18(12-23)6-10-25-13-18)22-8-7-21-16(24)14-3-2-4-15(19)11-14;/h2-4,11H,5-10,12-13H2,1H3,(H,20,22)(H,21,24);1H. The predicted molar refractivity (Wildman–Crippen MR) is 117 cm³/mol. The number of ether oxygens (including phenoxy) is 1. The molecule has 2 heterocycles. The van der Waals surface area contributed by atoms with Gasteiger partial charge >= 0.3 is 0 Å². The fourth-order valence-electron chi connectivity index (χ4n) is 3.50. The van der Waals surface area contributed by atoms with E-state index < -0.39 is 0 Å². The Bertz CT molecular complexity index is 650. The van der Waals surface area contributed by atoms with Crippen molar-refractivity contribution < 1.29 is 9.53 Å². The Morgan fingerprint density at radius 3 is 2.85 bits per heavy atom. The zero-order chi connectivity index (χ0) is 17.7. The number of nitrogens with one attached hydrogen (secondary N) is 2. The summed E-state index contributed by atoms with van der Waals surface area (Å²) in [6.07, 6.45) is 2.30. The highest BCUT2D eigenvalue weighted by Gasteiger charge is 2.42. The Morgan fingerprint density at radius 1 is 1.35 bits per heavy atom. The number of benzene rings is 1. The normalized spacial score (nSPS) is 22.4. The van der Waals surface area contributed by atoms with Crippen LogP contribution in [0.4, 0.5) is 0 Å². The van der Waals surface area contributed by atoms with Crippen molar-refractivity contribution >= 4 is 51.8 Å². The van der Waals surface area contributed by atoms with Gasteiger partial charge < -0.3 is 20.3 Å². The Labute approximate surface area is 180 Å². The van der Waals surface area contributed by atoms with E-state index in [4.69, 9.17) is 4.74 Å². The molecule has 0 saturated carbocycles. The number of aliphatic imine (C=N–C) groups is 1. The number of hydrogen-bond donors (Lipinski definition) is 2. The summed E-state index contributed by atoms with van der Waals surface area (Å²) in [6, 6.07) is 7.38. The van der Waals surface area contributed by atoms with Crippen LogP contribution in [-0.2, 0) is 4.74 Å². The Balaban J connectivity index is 0.00000243. The van der Waals surface area contributed by atoms with E-state index in [9.17, 15) is 4.79 Å². The average Bonchev–Trinajstić information content (AvgIpc) is 3.25. The molecule has 1 atom stereocenters. The maximum Gasteiger partial charge on any atom is 0.251 e. The second kappa shape index (κ2) is 9.89. The summed E-state index contributed by atoms with van der Waals surface area (Å²) in [7, 11) is 1.80. The number of halogens is 2. The number of hydrogen-bond acceptors (Lipinski definition) is 3. The van der Waals surface area contributed by atoms with E-state index >= 15 is 0 Å². The topological polar surface area (TPSA) is 66.0 Å². The lowest BCUT2D eigenvalue weighted by molar-refractivity contribution is 0.0954. The average molecular weight is 537 g/mol. The number of likely N-dealkylation sites (tertiary alicyclic amines) is 1.